The first-order valence-corrected chi connectivity index (χ1v) is 7.14. The van der Waals surface area contributed by atoms with Crippen molar-refractivity contribution in [3.63, 3.8) is 0 Å². The Balaban J connectivity index is 2.11. The van der Waals surface area contributed by atoms with Gasteiger partial charge in [0.2, 0.25) is 0 Å². The minimum Gasteiger partial charge on any atom is -0.385 e. The molecular weight excluding hydrogens is 262 g/mol. The molecule has 0 N–H and O–H groups in total. The van der Waals surface area contributed by atoms with Crippen LogP contribution in [-0.4, -0.2) is 41.6 Å². The fraction of sp³-hybridized carbons (Fsp3) is 0.538. The van der Waals surface area contributed by atoms with Crippen LogP contribution < -0.4 is 5.56 Å². The lowest BCUT2D eigenvalue weighted by Gasteiger charge is -2.15. The molecule has 0 spiro atoms. The van der Waals surface area contributed by atoms with E-state index in [-0.39, 0.29) is 5.56 Å². The van der Waals surface area contributed by atoms with Crippen LogP contribution in [0.4, 0.5) is 0 Å². The molecule has 0 aromatic carbocycles. The minimum absolute atomic E-state index is 0.00374. The first kappa shape index (κ1) is 14.2. The van der Waals surface area contributed by atoms with Gasteiger partial charge in [0.25, 0.3) is 5.56 Å². The van der Waals surface area contributed by atoms with Gasteiger partial charge in [0.05, 0.1) is 5.69 Å². The third-order valence-corrected chi connectivity index (χ3v) is 3.89. The zero-order valence-electron chi connectivity index (χ0n) is 11.5. The van der Waals surface area contributed by atoms with Crippen molar-refractivity contribution in [2.45, 2.75) is 19.9 Å². The molecule has 0 atom stereocenters. The molecule has 6 heteroatoms. The zero-order valence-corrected chi connectivity index (χ0v) is 12.4. The average Bonchev–Trinajstić information content (AvgIpc) is 2.71. The van der Waals surface area contributed by atoms with Gasteiger partial charge in [0, 0.05) is 43.9 Å². The summed E-state index contributed by atoms with van der Waals surface area (Å²) >= 11 is 1.50. The van der Waals surface area contributed by atoms with E-state index in [1.807, 2.05) is 19.4 Å². The topological polar surface area (TPSA) is 46.8 Å². The van der Waals surface area contributed by atoms with Gasteiger partial charge in [-0.25, -0.2) is 4.98 Å². The van der Waals surface area contributed by atoms with E-state index >= 15 is 0 Å². The molecule has 5 nitrogen and oxygen atoms in total. The van der Waals surface area contributed by atoms with E-state index in [1.54, 1.807) is 17.6 Å². The van der Waals surface area contributed by atoms with E-state index in [4.69, 9.17) is 4.74 Å². The first-order chi connectivity index (χ1) is 9.11. The van der Waals surface area contributed by atoms with Crippen molar-refractivity contribution in [1.29, 1.82) is 0 Å². The summed E-state index contributed by atoms with van der Waals surface area (Å²) in [6.07, 6.45) is 0.979. The molecule has 0 aliphatic heterocycles. The molecule has 2 heterocycles. The Morgan fingerprint density at radius 3 is 3.05 bits per heavy atom. The highest BCUT2D eigenvalue weighted by atomic mass is 32.1. The van der Waals surface area contributed by atoms with Crippen molar-refractivity contribution in [1.82, 2.24) is 14.3 Å². The maximum atomic E-state index is 12.0. The van der Waals surface area contributed by atoms with Crippen LogP contribution in [0, 0.1) is 6.92 Å². The number of hydrogen-bond acceptors (Lipinski definition) is 5. The normalized spacial score (nSPS) is 11.6. The number of rotatable bonds is 6. The van der Waals surface area contributed by atoms with E-state index in [0.29, 0.717) is 6.54 Å². The summed E-state index contributed by atoms with van der Waals surface area (Å²) in [7, 11) is 3.73. The van der Waals surface area contributed by atoms with Gasteiger partial charge in [-0.1, -0.05) is 0 Å². The molecule has 0 unspecified atom stereocenters. The van der Waals surface area contributed by atoms with Crippen LogP contribution in [0.25, 0.3) is 4.96 Å². The first-order valence-electron chi connectivity index (χ1n) is 6.26. The maximum absolute atomic E-state index is 12.0. The van der Waals surface area contributed by atoms with Crippen molar-refractivity contribution in [2.75, 3.05) is 27.3 Å². The molecule has 104 valence electrons. The van der Waals surface area contributed by atoms with Gasteiger partial charge in [-0.15, -0.1) is 11.3 Å². The number of fused-ring (bicyclic) bond motifs is 1. The quantitative estimate of drug-likeness (QED) is 0.753. The van der Waals surface area contributed by atoms with Gasteiger partial charge in [0.15, 0.2) is 4.96 Å². The highest BCUT2D eigenvalue weighted by molar-refractivity contribution is 7.15. The van der Waals surface area contributed by atoms with Gasteiger partial charge in [-0.2, -0.15) is 0 Å². The molecule has 0 aliphatic rings. The Kier molecular flexibility index (Phi) is 4.68. The van der Waals surface area contributed by atoms with Crippen LogP contribution >= 0.6 is 11.3 Å². The van der Waals surface area contributed by atoms with Crippen LogP contribution in [-0.2, 0) is 11.3 Å². The predicted octanol–water partition coefficient (Wildman–Crippen LogP) is 1.53. The standard InChI is InChI=1S/C13H19N3O2S/c1-10-9-19-13-14-11(7-12(17)16(10)13)8-15(2)5-4-6-18-3/h7,9H,4-6,8H2,1-3H3. The van der Waals surface area contributed by atoms with E-state index in [0.717, 1.165) is 35.9 Å². The van der Waals surface area contributed by atoms with Crippen LogP contribution in [0.3, 0.4) is 0 Å². The van der Waals surface area contributed by atoms with Gasteiger partial charge < -0.3 is 9.64 Å². The van der Waals surface area contributed by atoms with Gasteiger partial charge in [-0.3, -0.25) is 9.20 Å². The fourth-order valence-electron chi connectivity index (χ4n) is 2.02. The Labute approximate surface area is 116 Å². The zero-order chi connectivity index (χ0) is 13.8. The lowest BCUT2D eigenvalue weighted by molar-refractivity contribution is 0.178. The fourth-order valence-corrected chi connectivity index (χ4v) is 2.91. The average molecular weight is 281 g/mol. The van der Waals surface area contributed by atoms with E-state index in [9.17, 15) is 4.79 Å². The highest BCUT2D eigenvalue weighted by Crippen LogP contribution is 2.12. The summed E-state index contributed by atoms with van der Waals surface area (Å²) in [6, 6.07) is 1.62. The molecule has 0 fully saturated rings. The number of methoxy groups -OCH3 is 1. The molecule has 0 saturated carbocycles. The monoisotopic (exact) mass is 281 g/mol. The van der Waals surface area contributed by atoms with Gasteiger partial charge >= 0.3 is 0 Å². The largest absolute Gasteiger partial charge is 0.385 e. The second kappa shape index (κ2) is 6.27. The number of aryl methyl sites for hydroxylation is 1. The number of ether oxygens (including phenoxy) is 1. The third-order valence-electron chi connectivity index (χ3n) is 2.95. The second-order valence-corrected chi connectivity index (χ2v) is 5.50. The van der Waals surface area contributed by atoms with Crippen LogP contribution in [0.2, 0.25) is 0 Å². The summed E-state index contributed by atoms with van der Waals surface area (Å²) in [4.78, 5) is 19.5. The molecule has 0 bridgehead atoms. The molecule has 0 aliphatic carbocycles. The number of hydrogen-bond donors (Lipinski definition) is 0. The number of thiazole rings is 1. The molecule has 2 aromatic heterocycles. The van der Waals surface area contributed by atoms with Crippen molar-refractivity contribution in [2.24, 2.45) is 0 Å². The number of aromatic nitrogens is 2. The van der Waals surface area contributed by atoms with Crippen molar-refractivity contribution >= 4 is 16.3 Å². The Morgan fingerprint density at radius 1 is 1.53 bits per heavy atom. The SMILES string of the molecule is COCCCN(C)Cc1cc(=O)n2c(C)csc2n1. The van der Waals surface area contributed by atoms with Gasteiger partial charge in [0.1, 0.15) is 0 Å². The molecule has 0 amide bonds. The molecule has 2 aromatic rings. The Morgan fingerprint density at radius 2 is 2.32 bits per heavy atom. The van der Waals surface area contributed by atoms with Crippen molar-refractivity contribution in [3.05, 3.63) is 33.2 Å². The second-order valence-electron chi connectivity index (χ2n) is 4.66. The smallest absolute Gasteiger partial charge is 0.259 e. The number of nitrogens with zero attached hydrogens (tertiary/aromatic N) is 3. The third kappa shape index (κ3) is 3.40. The summed E-state index contributed by atoms with van der Waals surface area (Å²) in [6.45, 7) is 4.29. The highest BCUT2D eigenvalue weighted by Gasteiger charge is 2.08. The lowest BCUT2D eigenvalue weighted by Crippen LogP contribution is -2.23. The summed E-state index contributed by atoms with van der Waals surface area (Å²) in [5.74, 6) is 0. The predicted molar refractivity (Wildman–Crippen MR) is 76.9 cm³/mol. The molecule has 0 radical (unpaired) electrons. The molecule has 2 rings (SSSR count). The molecule has 0 saturated heterocycles. The maximum Gasteiger partial charge on any atom is 0.259 e. The molecule has 19 heavy (non-hydrogen) atoms. The van der Waals surface area contributed by atoms with Crippen molar-refractivity contribution in [3.8, 4) is 0 Å². The lowest BCUT2D eigenvalue weighted by atomic mass is 10.3. The summed E-state index contributed by atoms with van der Waals surface area (Å²) in [5, 5.41) is 1.95. The van der Waals surface area contributed by atoms with E-state index < -0.39 is 0 Å². The van der Waals surface area contributed by atoms with Crippen LogP contribution in [0.5, 0.6) is 0 Å². The van der Waals surface area contributed by atoms with Crippen LogP contribution in [0.1, 0.15) is 17.8 Å². The Hall–Kier alpha value is -1.24. The summed E-state index contributed by atoms with van der Waals surface area (Å²) < 4.78 is 6.68. The van der Waals surface area contributed by atoms with Gasteiger partial charge in [-0.05, 0) is 20.4 Å². The van der Waals surface area contributed by atoms with Crippen molar-refractivity contribution < 1.29 is 4.74 Å². The van der Waals surface area contributed by atoms with E-state index in [1.165, 1.54) is 11.3 Å². The summed E-state index contributed by atoms with van der Waals surface area (Å²) in [5.41, 5.74) is 1.77. The van der Waals surface area contributed by atoms with Crippen LogP contribution in [0.15, 0.2) is 16.2 Å². The Bertz CT molecular complexity index is 605. The molecular formula is C13H19N3O2S. The van der Waals surface area contributed by atoms with E-state index in [2.05, 4.69) is 9.88 Å². The minimum atomic E-state index is 0.00374.